The Morgan fingerprint density at radius 3 is 2.56 bits per heavy atom. The van der Waals surface area contributed by atoms with Crippen molar-refractivity contribution in [2.45, 2.75) is 38.6 Å². The van der Waals surface area contributed by atoms with Gasteiger partial charge in [0.25, 0.3) is 0 Å². The van der Waals surface area contributed by atoms with Crippen LogP contribution in [0.5, 0.6) is 0 Å². The Balaban J connectivity index is 1.64. The van der Waals surface area contributed by atoms with Crippen molar-refractivity contribution in [3.8, 4) is 0 Å². The Bertz CT molecular complexity index is 774. The van der Waals surface area contributed by atoms with Gasteiger partial charge < -0.3 is 14.4 Å². The van der Waals surface area contributed by atoms with E-state index in [1.807, 2.05) is 19.3 Å². The summed E-state index contributed by atoms with van der Waals surface area (Å²) in [5, 5.41) is 8.90. The van der Waals surface area contributed by atoms with Crippen LogP contribution in [0, 0.1) is 6.92 Å². The van der Waals surface area contributed by atoms with Crippen LogP contribution in [0.15, 0.2) is 28.9 Å². The predicted octanol–water partition coefficient (Wildman–Crippen LogP) is 1.99. The Hall–Kier alpha value is -2.61. The molecule has 3 heterocycles. The number of hydrogen-bond acceptors (Lipinski definition) is 5. The molecule has 1 saturated heterocycles. The molecular formula is C19H27N5O3. The maximum atomic E-state index is 12.3. The average Bonchev–Trinajstić information content (AvgIpc) is 3.14. The third kappa shape index (κ3) is 4.97. The van der Waals surface area contributed by atoms with Crippen LogP contribution in [0.3, 0.4) is 0 Å². The molecule has 1 unspecified atom stereocenters. The molecule has 2 N–H and O–H groups in total. The largest absolute Gasteiger partial charge is 0.360 e. The Labute approximate surface area is 158 Å². The molecule has 0 aliphatic carbocycles. The molecule has 2 aromatic heterocycles. The number of amides is 2. The topological polar surface area (TPSA) is 92.4 Å². The zero-order valence-corrected chi connectivity index (χ0v) is 15.9. The van der Waals surface area contributed by atoms with E-state index in [2.05, 4.69) is 31.3 Å². The Morgan fingerprint density at radius 2 is 1.96 bits per heavy atom. The number of hydrogen-bond donors (Lipinski definition) is 2. The van der Waals surface area contributed by atoms with Crippen molar-refractivity contribution < 1.29 is 14.1 Å². The molecule has 2 aromatic rings. The molecule has 0 bridgehead atoms. The summed E-state index contributed by atoms with van der Waals surface area (Å²) >= 11 is 0. The fraction of sp³-hybridized carbons (Fsp3) is 0.526. The van der Waals surface area contributed by atoms with E-state index in [0.717, 1.165) is 31.6 Å². The van der Waals surface area contributed by atoms with E-state index in [1.165, 1.54) is 12.8 Å². The van der Waals surface area contributed by atoms with Gasteiger partial charge in [0, 0.05) is 31.5 Å². The van der Waals surface area contributed by atoms with Crippen LogP contribution >= 0.6 is 0 Å². The molecule has 2 amide bonds. The van der Waals surface area contributed by atoms with Crippen molar-refractivity contribution in [1.29, 1.82) is 0 Å². The first-order chi connectivity index (χ1) is 13.0. The molecule has 3 rings (SSSR count). The van der Waals surface area contributed by atoms with Gasteiger partial charge in [-0.15, -0.1) is 0 Å². The van der Waals surface area contributed by atoms with Crippen LogP contribution in [0.25, 0.3) is 0 Å². The highest BCUT2D eigenvalue weighted by Gasteiger charge is 2.25. The van der Waals surface area contributed by atoms with E-state index >= 15 is 0 Å². The number of aryl methyl sites for hydroxylation is 2. The fourth-order valence-corrected chi connectivity index (χ4v) is 3.52. The lowest BCUT2D eigenvalue weighted by molar-refractivity contribution is -0.136. The van der Waals surface area contributed by atoms with Gasteiger partial charge >= 0.3 is 11.8 Å². The minimum absolute atomic E-state index is 0.0362. The first kappa shape index (κ1) is 19.2. The van der Waals surface area contributed by atoms with Crippen molar-refractivity contribution in [2.24, 2.45) is 7.05 Å². The van der Waals surface area contributed by atoms with Gasteiger partial charge in [-0.1, -0.05) is 18.0 Å². The van der Waals surface area contributed by atoms with Gasteiger partial charge in [-0.3, -0.25) is 19.8 Å². The lowest BCUT2D eigenvalue weighted by Gasteiger charge is -2.31. The number of carbonyl (C=O) groups excluding carboxylic acids is 2. The molecule has 146 valence electrons. The van der Waals surface area contributed by atoms with Crippen LogP contribution < -0.4 is 10.6 Å². The van der Waals surface area contributed by atoms with Crippen LogP contribution in [0.4, 0.5) is 5.82 Å². The third-order valence-electron chi connectivity index (χ3n) is 4.94. The smallest absolute Gasteiger partial charge is 0.314 e. The van der Waals surface area contributed by atoms with Crippen LogP contribution in [0.1, 0.15) is 43.2 Å². The van der Waals surface area contributed by atoms with E-state index in [0.29, 0.717) is 12.3 Å². The molecule has 1 aliphatic rings. The maximum Gasteiger partial charge on any atom is 0.314 e. The number of likely N-dealkylation sites (tertiary alicyclic amines) is 1. The third-order valence-corrected chi connectivity index (χ3v) is 4.94. The molecule has 1 fully saturated rings. The molecule has 0 spiro atoms. The fourth-order valence-electron chi connectivity index (χ4n) is 3.52. The second-order valence-corrected chi connectivity index (χ2v) is 7.00. The zero-order chi connectivity index (χ0) is 19.2. The molecule has 0 aromatic carbocycles. The van der Waals surface area contributed by atoms with Crippen molar-refractivity contribution in [3.63, 3.8) is 0 Å². The molecule has 8 nitrogen and oxygen atoms in total. The predicted molar refractivity (Wildman–Crippen MR) is 101 cm³/mol. The van der Waals surface area contributed by atoms with Crippen molar-refractivity contribution in [2.75, 3.05) is 25.0 Å². The Morgan fingerprint density at radius 1 is 1.22 bits per heavy atom. The number of carbonyl (C=O) groups is 2. The lowest BCUT2D eigenvalue weighted by Crippen LogP contribution is -2.43. The van der Waals surface area contributed by atoms with E-state index in [1.54, 1.807) is 13.0 Å². The van der Waals surface area contributed by atoms with E-state index in [9.17, 15) is 9.59 Å². The normalized spacial score (nSPS) is 16.5. The van der Waals surface area contributed by atoms with Gasteiger partial charge in [0.05, 0.1) is 6.04 Å². The minimum atomic E-state index is -0.746. The summed E-state index contributed by atoms with van der Waals surface area (Å²) in [4.78, 5) is 26.8. The van der Waals surface area contributed by atoms with Crippen molar-refractivity contribution >= 4 is 17.6 Å². The average molecular weight is 373 g/mol. The van der Waals surface area contributed by atoms with Crippen LogP contribution in [0.2, 0.25) is 0 Å². The van der Waals surface area contributed by atoms with Crippen molar-refractivity contribution in [1.82, 2.24) is 19.9 Å². The summed E-state index contributed by atoms with van der Waals surface area (Å²) in [5.74, 6) is -0.621. The molecule has 27 heavy (non-hydrogen) atoms. The molecule has 0 radical (unpaired) electrons. The molecular weight excluding hydrogens is 346 g/mol. The SMILES string of the molecule is Cc1cc(NC(=O)C(=O)NCC(c2cccn2C)N2CCCCCC2)no1. The van der Waals surface area contributed by atoms with Gasteiger partial charge in [0.2, 0.25) is 0 Å². The summed E-state index contributed by atoms with van der Waals surface area (Å²) in [5.41, 5.74) is 1.13. The number of rotatable bonds is 5. The quantitative estimate of drug-likeness (QED) is 0.782. The first-order valence-electron chi connectivity index (χ1n) is 9.42. The number of aromatic nitrogens is 2. The summed E-state index contributed by atoms with van der Waals surface area (Å²) in [6, 6.07) is 5.67. The van der Waals surface area contributed by atoms with Gasteiger partial charge in [0.15, 0.2) is 5.82 Å². The van der Waals surface area contributed by atoms with Gasteiger partial charge in [-0.05, 0) is 45.0 Å². The summed E-state index contributed by atoms with van der Waals surface area (Å²) in [6.07, 6.45) is 6.79. The summed E-state index contributed by atoms with van der Waals surface area (Å²) < 4.78 is 6.96. The molecule has 1 atom stereocenters. The number of nitrogens with zero attached hydrogens (tertiary/aromatic N) is 3. The second-order valence-electron chi connectivity index (χ2n) is 7.00. The second kappa shape index (κ2) is 8.85. The number of nitrogens with one attached hydrogen (secondary N) is 2. The zero-order valence-electron chi connectivity index (χ0n) is 15.9. The Kier molecular flexibility index (Phi) is 6.28. The van der Waals surface area contributed by atoms with Crippen LogP contribution in [-0.2, 0) is 16.6 Å². The molecule has 1 aliphatic heterocycles. The maximum absolute atomic E-state index is 12.3. The first-order valence-corrected chi connectivity index (χ1v) is 9.42. The van der Waals surface area contributed by atoms with E-state index in [4.69, 9.17) is 4.52 Å². The standard InChI is InChI=1S/C19H27N5O3/c1-14-12-17(22-27-14)21-19(26)18(25)20-13-16(15-8-7-9-23(15)2)24-10-5-3-4-6-11-24/h7-9,12,16H,3-6,10-11,13H2,1-2H3,(H,20,25)(H,21,22,26). The van der Waals surface area contributed by atoms with E-state index < -0.39 is 11.8 Å². The lowest BCUT2D eigenvalue weighted by atomic mass is 10.1. The monoisotopic (exact) mass is 373 g/mol. The minimum Gasteiger partial charge on any atom is -0.360 e. The highest BCUT2D eigenvalue weighted by Crippen LogP contribution is 2.24. The van der Waals surface area contributed by atoms with E-state index in [-0.39, 0.29) is 11.9 Å². The van der Waals surface area contributed by atoms with Gasteiger partial charge in [-0.2, -0.15) is 0 Å². The highest BCUT2D eigenvalue weighted by atomic mass is 16.5. The highest BCUT2D eigenvalue weighted by molar-refractivity contribution is 6.39. The van der Waals surface area contributed by atoms with Crippen LogP contribution in [-0.4, -0.2) is 46.1 Å². The summed E-state index contributed by atoms with van der Waals surface area (Å²) in [6.45, 7) is 4.09. The van der Waals surface area contributed by atoms with Crippen molar-refractivity contribution in [3.05, 3.63) is 35.9 Å². The summed E-state index contributed by atoms with van der Waals surface area (Å²) in [7, 11) is 2.00. The van der Waals surface area contributed by atoms with Gasteiger partial charge in [0.1, 0.15) is 5.76 Å². The number of anilines is 1. The van der Waals surface area contributed by atoms with Gasteiger partial charge in [-0.25, -0.2) is 0 Å². The molecule has 8 heteroatoms. The molecule has 0 saturated carbocycles.